The van der Waals surface area contributed by atoms with E-state index in [1.807, 2.05) is 13.8 Å². The van der Waals surface area contributed by atoms with Gasteiger partial charge in [-0.15, -0.1) is 0 Å². The third-order valence-electron chi connectivity index (χ3n) is 3.91. The van der Waals surface area contributed by atoms with Crippen LogP contribution < -0.4 is 10.6 Å². The third kappa shape index (κ3) is 6.03. The number of nitro groups is 1. The number of nitrogens with one attached hydrogen (secondary N) is 2. The fraction of sp³-hybridized carbons (Fsp3) is 0.421. The summed E-state index contributed by atoms with van der Waals surface area (Å²) in [5.41, 5.74) is -0.0647. The first-order valence-electron chi connectivity index (χ1n) is 8.96. The average molecular weight is 405 g/mol. The highest BCUT2D eigenvalue weighted by atomic mass is 16.7. The van der Waals surface area contributed by atoms with Gasteiger partial charge in [-0.2, -0.15) is 0 Å². The van der Waals surface area contributed by atoms with E-state index < -0.39 is 34.6 Å². The summed E-state index contributed by atoms with van der Waals surface area (Å²) >= 11 is 0. The Morgan fingerprint density at radius 1 is 1.17 bits per heavy atom. The molecule has 0 radical (unpaired) electrons. The number of amides is 1. The summed E-state index contributed by atoms with van der Waals surface area (Å²) in [6, 6.07) is 4.61. The largest absolute Gasteiger partial charge is 0.419 e. The number of hydrogen-bond acceptors (Lipinski definition) is 8. The minimum atomic E-state index is -1.35. The Kier molecular flexibility index (Phi) is 6.57. The lowest BCUT2D eigenvalue weighted by atomic mass is 10.0. The quantitative estimate of drug-likeness (QED) is 0.232. The molecule has 0 aliphatic carbocycles. The molecule has 1 aromatic rings. The summed E-state index contributed by atoms with van der Waals surface area (Å²) in [6.07, 6.45) is 1.51. The predicted molar refractivity (Wildman–Crippen MR) is 102 cm³/mol. The Hall–Kier alpha value is -3.43. The van der Waals surface area contributed by atoms with Crippen molar-refractivity contribution >= 4 is 29.2 Å². The maximum absolute atomic E-state index is 12.6. The maximum Gasteiger partial charge on any atom is 0.350 e. The van der Waals surface area contributed by atoms with Crippen molar-refractivity contribution in [2.75, 3.05) is 5.32 Å². The average Bonchev–Trinajstić information content (AvgIpc) is 2.59. The molecule has 0 aromatic heterocycles. The van der Waals surface area contributed by atoms with E-state index in [9.17, 15) is 24.5 Å². The molecule has 156 valence electrons. The number of carbonyl (C=O) groups is 3. The van der Waals surface area contributed by atoms with Crippen molar-refractivity contribution in [1.29, 1.82) is 0 Å². The molecule has 1 heterocycles. The fourth-order valence-electron chi connectivity index (χ4n) is 2.58. The molecule has 1 amide bonds. The molecule has 0 bridgehead atoms. The molecule has 1 aliphatic heterocycles. The standard InChI is InChI=1S/C19H23N3O7/c1-11(2)9-15(16(23)21-12-5-7-13(8-6-12)22(26)27)20-10-14-17(24)28-19(3,4)29-18(14)25/h5-8,10-11,15,20H,9H2,1-4H3,(H,21,23). The van der Waals surface area contributed by atoms with Crippen LogP contribution in [0.3, 0.4) is 0 Å². The maximum atomic E-state index is 12.6. The van der Waals surface area contributed by atoms with Crippen LogP contribution in [0.2, 0.25) is 0 Å². The number of rotatable bonds is 7. The molecule has 2 rings (SSSR count). The number of cyclic esters (lactones) is 2. The van der Waals surface area contributed by atoms with Crippen LogP contribution in [-0.4, -0.2) is 34.6 Å². The van der Waals surface area contributed by atoms with Gasteiger partial charge in [0.05, 0.1) is 4.92 Å². The molecule has 0 saturated carbocycles. The van der Waals surface area contributed by atoms with Gasteiger partial charge in [-0.05, 0) is 24.5 Å². The second-order valence-corrected chi connectivity index (χ2v) is 7.38. The molecule has 2 N–H and O–H groups in total. The van der Waals surface area contributed by atoms with Gasteiger partial charge in [0.2, 0.25) is 5.91 Å². The monoisotopic (exact) mass is 405 g/mol. The SMILES string of the molecule is CC(C)CC(NC=C1C(=O)OC(C)(C)OC1=O)C(=O)Nc1ccc([N+](=O)[O-])cc1. The van der Waals surface area contributed by atoms with Gasteiger partial charge in [-0.1, -0.05) is 13.8 Å². The summed E-state index contributed by atoms with van der Waals surface area (Å²) in [6.45, 7) is 6.69. The molecule has 1 aromatic carbocycles. The number of non-ortho nitro benzene ring substituents is 1. The zero-order valence-corrected chi connectivity index (χ0v) is 16.6. The number of ether oxygens (including phenoxy) is 2. The number of hydrogen-bond donors (Lipinski definition) is 2. The van der Waals surface area contributed by atoms with Crippen molar-refractivity contribution in [2.45, 2.75) is 45.9 Å². The Morgan fingerprint density at radius 2 is 1.72 bits per heavy atom. The van der Waals surface area contributed by atoms with E-state index in [0.717, 1.165) is 6.20 Å². The van der Waals surface area contributed by atoms with Crippen molar-refractivity contribution in [3.63, 3.8) is 0 Å². The molecule has 29 heavy (non-hydrogen) atoms. The van der Waals surface area contributed by atoms with E-state index in [2.05, 4.69) is 10.6 Å². The number of anilines is 1. The molecule has 1 unspecified atom stereocenters. The first kappa shape index (κ1) is 21.9. The van der Waals surface area contributed by atoms with Crippen molar-refractivity contribution in [2.24, 2.45) is 5.92 Å². The lowest BCUT2D eigenvalue weighted by Gasteiger charge is -2.30. The summed E-state index contributed by atoms with van der Waals surface area (Å²) in [4.78, 5) is 46.9. The van der Waals surface area contributed by atoms with Crippen molar-refractivity contribution in [3.05, 3.63) is 46.2 Å². The van der Waals surface area contributed by atoms with Crippen molar-refractivity contribution in [1.82, 2.24) is 5.32 Å². The van der Waals surface area contributed by atoms with E-state index >= 15 is 0 Å². The molecule has 1 aliphatic rings. The Labute approximate surface area is 167 Å². The van der Waals surface area contributed by atoms with Gasteiger partial charge in [0, 0.05) is 37.9 Å². The van der Waals surface area contributed by atoms with Gasteiger partial charge in [0.25, 0.3) is 11.5 Å². The van der Waals surface area contributed by atoms with Gasteiger partial charge < -0.3 is 20.1 Å². The first-order valence-corrected chi connectivity index (χ1v) is 8.96. The Morgan fingerprint density at radius 3 is 2.21 bits per heavy atom. The Bertz CT molecular complexity index is 822. The number of carbonyl (C=O) groups excluding carboxylic acids is 3. The van der Waals surface area contributed by atoms with Crippen LogP contribution >= 0.6 is 0 Å². The number of esters is 2. The molecule has 10 heteroatoms. The van der Waals surface area contributed by atoms with E-state index in [-0.39, 0.29) is 17.2 Å². The van der Waals surface area contributed by atoms with Crippen LogP contribution in [0, 0.1) is 16.0 Å². The highest BCUT2D eigenvalue weighted by Crippen LogP contribution is 2.22. The molecular weight excluding hydrogens is 382 g/mol. The van der Waals surface area contributed by atoms with Crippen LogP contribution in [0.15, 0.2) is 36.0 Å². The zero-order valence-electron chi connectivity index (χ0n) is 16.6. The van der Waals surface area contributed by atoms with E-state index in [1.54, 1.807) is 0 Å². The van der Waals surface area contributed by atoms with E-state index in [1.165, 1.54) is 38.1 Å². The summed E-state index contributed by atoms with van der Waals surface area (Å²) < 4.78 is 10.0. The molecule has 1 saturated heterocycles. The topological polar surface area (TPSA) is 137 Å². The Balaban J connectivity index is 2.12. The fourth-order valence-corrected chi connectivity index (χ4v) is 2.58. The molecule has 10 nitrogen and oxygen atoms in total. The van der Waals surface area contributed by atoms with Crippen LogP contribution in [0.4, 0.5) is 11.4 Å². The highest BCUT2D eigenvalue weighted by molar-refractivity contribution is 6.15. The zero-order chi connectivity index (χ0) is 21.8. The molecule has 1 fully saturated rings. The summed E-state index contributed by atoms with van der Waals surface area (Å²) in [5, 5.41) is 16.1. The van der Waals surface area contributed by atoms with Gasteiger partial charge in [0.15, 0.2) is 5.57 Å². The minimum Gasteiger partial charge on any atom is -0.419 e. The van der Waals surface area contributed by atoms with Gasteiger partial charge in [-0.25, -0.2) is 9.59 Å². The molecular formula is C19H23N3O7. The predicted octanol–water partition coefficient (Wildman–Crippen LogP) is 2.26. The van der Waals surface area contributed by atoms with Crippen molar-refractivity contribution in [3.8, 4) is 0 Å². The van der Waals surface area contributed by atoms with E-state index in [0.29, 0.717) is 12.1 Å². The third-order valence-corrected chi connectivity index (χ3v) is 3.91. The van der Waals surface area contributed by atoms with Gasteiger partial charge >= 0.3 is 11.9 Å². The minimum absolute atomic E-state index is 0.0955. The summed E-state index contributed by atoms with van der Waals surface area (Å²) in [7, 11) is 0. The molecule has 1 atom stereocenters. The second kappa shape index (κ2) is 8.72. The van der Waals surface area contributed by atoms with Crippen LogP contribution in [-0.2, 0) is 23.9 Å². The van der Waals surface area contributed by atoms with Crippen molar-refractivity contribution < 1.29 is 28.8 Å². The smallest absolute Gasteiger partial charge is 0.350 e. The highest BCUT2D eigenvalue weighted by Gasteiger charge is 2.39. The molecule has 0 spiro atoms. The van der Waals surface area contributed by atoms with Crippen LogP contribution in [0.25, 0.3) is 0 Å². The summed E-state index contributed by atoms with van der Waals surface area (Å²) in [5.74, 6) is -3.36. The van der Waals surface area contributed by atoms with Crippen LogP contribution in [0.1, 0.15) is 34.1 Å². The lowest BCUT2D eigenvalue weighted by Crippen LogP contribution is -2.44. The second-order valence-electron chi connectivity index (χ2n) is 7.38. The van der Waals surface area contributed by atoms with Gasteiger partial charge in [-0.3, -0.25) is 14.9 Å². The van der Waals surface area contributed by atoms with Gasteiger partial charge in [0.1, 0.15) is 6.04 Å². The van der Waals surface area contributed by atoms with Crippen LogP contribution in [0.5, 0.6) is 0 Å². The normalized spacial score (nSPS) is 16.5. The number of nitrogens with zero attached hydrogens (tertiary/aromatic N) is 1. The lowest BCUT2D eigenvalue weighted by molar-refractivity contribution is -0.384. The first-order chi connectivity index (χ1) is 13.5. The van der Waals surface area contributed by atoms with E-state index in [4.69, 9.17) is 9.47 Å². The number of nitro benzene ring substituents is 1. The number of benzene rings is 1.